The molecule has 0 aliphatic carbocycles. The molecule has 0 heterocycles. The smallest absolute Gasteiger partial charge is 0.205 e. The summed E-state index contributed by atoms with van der Waals surface area (Å²) in [5.74, 6) is -0.830. The van der Waals surface area contributed by atoms with Crippen LogP contribution >= 0.6 is 39.1 Å². The van der Waals surface area contributed by atoms with E-state index < -0.39 is 5.82 Å². The molecule has 0 atom stereocenters. The largest absolute Gasteiger partial charge is 0.396 e. The van der Waals surface area contributed by atoms with Gasteiger partial charge in [-0.05, 0) is 36.1 Å². The van der Waals surface area contributed by atoms with Crippen LogP contribution in [0.1, 0.15) is 11.1 Å². The summed E-state index contributed by atoms with van der Waals surface area (Å²) in [5, 5.41) is 9.59. The van der Waals surface area contributed by atoms with Gasteiger partial charge >= 0.3 is 0 Å². The van der Waals surface area contributed by atoms with Crippen LogP contribution in [0.3, 0.4) is 0 Å². The second-order valence-corrected chi connectivity index (χ2v) is 6.40. The molecule has 136 valence electrons. The highest BCUT2D eigenvalue weighted by Crippen LogP contribution is 2.31. The number of hydrogen-bond donors (Lipinski definition) is 1. The summed E-state index contributed by atoms with van der Waals surface area (Å²) in [6.07, 6.45) is 0.627. The van der Waals surface area contributed by atoms with Gasteiger partial charge in [-0.15, -0.1) is 0 Å². The van der Waals surface area contributed by atoms with Crippen molar-refractivity contribution in [3.05, 3.63) is 79.9 Å². The van der Waals surface area contributed by atoms with E-state index in [4.69, 9.17) is 41.5 Å². The van der Waals surface area contributed by atoms with Gasteiger partial charge in [-0.3, -0.25) is 0 Å². The van der Waals surface area contributed by atoms with Crippen LogP contribution in [0.4, 0.5) is 20.2 Å². The Labute approximate surface area is 168 Å². The molecule has 8 heteroatoms. The second kappa shape index (κ2) is 11.1. The van der Waals surface area contributed by atoms with Gasteiger partial charge in [0, 0.05) is 11.9 Å². The van der Waals surface area contributed by atoms with E-state index in [1.807, 2.05) is 0 Å². The lowest BCUT2D eigenvalue weighted by atomic mass is 10.1. The third kappa shape index (κ3) is 5.65. The van der Waals surface area contributed by atoms with Crippen molar-refractivity contribution in [3.63, 3.8) is 0 Å². The van der Waals surface area contributed by atoms with Gasteiger partial charge in [0.1, 0.15) is 11.6 Å². The summed E-state index contributed by atoms with van der Waals surface area (Å²) in [6.45, 7) is 13.3. The Morgan fingerprint density at radius 3 is 1.65 bits per heavy atom. The van der Waals surface area contributed by atoms with Crippen LogP contribution < -0.4 is 0 Å². The van der Waals surface area contributed by atoms with Gasteiger partial charge < -0.3 is 5.11 Å². The highest BCUT2D eigenvalue weighted by atomic mass is 79.9. The molecule has 0 radical (unpaired) electrons. The van der Waals surface area contributed by atoms with E-state index in [0.29, 0.717) is 23.0 Å². The highest BCUT2D eigenvalue weighted by Gasteiger charge is 2.11. The molecule has 0 unspecified atom stereocenters. The highest BCUT2D eigenvalue weighted by molar-refractivity contribution is 9.09. The van der Waals surface area contributed by atoms with Gasteiger partial charge in [-0.25, -0.2) is 18.5 Å². The topological polar surface area (TPSA) is 29.0 Å². The van der Waals surface area contributed by atoms with Gasteiger partial charge in [0.05, 0.1) is 23.2 Å². The lowest BCUT2D eigenvalue weighted by Gasteiger charge is -2.04. The number of aliphatic hydroxyl groups is 1. The molecule has 0 aliphatic heterocycles. The van der Waals surface area contributed by atoms with Crippen molar-refractivity contribution in [2.45, 2.75) is 12.8 Å². The Morgan fingerprint density at radius 2 is 1.31 bits per heavy atom. The molecule has 1 N–H and O–H groups in total. The molecule has 0 aliphatic rings. The van der Waals surface area contributed by atoms with E-state index in [9.17, 15) is 8.78 Å². The van der Waals surface area contributed by atoms with Gasteiger partial charge in [-0.1, -0.05) is 51.3 Å². The van der Waals surface area contributed by atoms with Crippen molar-refractivity contribution in [1.29, 1.82) is 0 Å². The molecule has 0 aromatic heterocycles. The monoisotopic (exact) mass is 460 g/mol. The molecule has 3 nitrogen and oxygen atoms in total. The van der Waals surface area contributed by atoms with E-state index in [1.165, 1.54) is 24.3 Å². The van der Waals surface area contributed by atoms with Gasteiger partial charge in [-0.2, -0.15) is 0 Å². The minimum atomic E-state index is -0.480. The normalized spacial score (nSPS) is 9.69. The number of rotatable bonds is 4. The standard InChI is InChI=1S/C9H6BrClFN.C9H7ClFNO/c1-13-8-3-2-7(12)6(4-5-10)9(8)11;1-12-8-3-2-7(11)6(4-5-13)9(8)10/h2-3H,4-5H2;2-3,13H,4-5H2. The van der Waals surface area contributed by atoms with Crippen molar-refractivity contribution >= 4 is 50.5 Å². The quantitative estimate of drug-likeness (QED) is 0.406. The first-order chi connectivity index (χ1) is 12.4. The molecule has 0 saturated carbocycles. The third-order valence-electron chi connectivity index (χ3n) is 3.28. The number of benzene rings is 2. The zero-order valence-electron chi connectivity index (χ0n) is 13.4. The molecular weight excluding hydrogens is 449 g/mol. The van der Waals surface area contributed by atoms with Crippen molar-refractivity contribution in [3.8, 4) is 0 Å². The average molecular weight is 462 g/mol. The maximum Gasteiger partial charge on any atom is 0.205 e. The van der Waals surface area contributed by atoms with Crippen molar-refractivity contribution < 1.29 is 13.9 Å². The Morgan fingerprint density at radius 1 is 0.885 bits per heavy atom. The first-order valence-electron chi connectivity index (χ1n) is 7.26. The van der Waals surface area contributed by atoms with Crippen LogP contribution in [0, 0.1) is 24.8 Å². The molecule has 2 aromatic rings. The summed E-state index contributed by atoms with van der Waals surface area (Å²) in [7, 11) is 0. The Kier molecular flexibility index (Phi) is 9.54. The molecular formula is C18H13BrCl2F2N2O. The second-order valence-electron chi connectivity index (χ2n) is 4.85. The lowest BCUT2D eigenvalue weighted by Crippen LogP contribution is -1.95. The predicted molar refractivity (Wildman–Crippen MR) is 104 cm³/mol. The first kappa shape index (κ1) is 22.3. The molecule has 0 saturated heterocycles. The van der Waals surface area contributed by atoms with Crippen LogP contribution in [0.15, 0.2) is 24.3 Å². The maximum atomic E-state index is 13.1. The molecule has 2 aromatic carbocycles. The maximum absolute atomic E-state index is 13.1. The Hall–Kier alpha value is -1.70. The van der Waals surface area contributed by atoms with E-state index in [-0.39, 0.29) is 40.1 Å². The van der Waals surface area contributed by atoms with Gasteiger partial charge in [0.15, 0.2) is 0 Å². The summed E-state index contributed by atoms with van der Waals surface area (Å²) >= 11 is 14.7. The Bertz CT molecular complexity index is 792. The summed E-state index contributed by atoms with van der Waals surface area (Å²) < 4.78 is 26.2. The third-order valence-corrected chi connectivity index (χ3v) is 4.52. The van der Waals surface area contributed by atoms with Crippen LogP contribution in [0.5, 0.6) is 0 Å². The summed E-state index contributed by atoms with van der Waals surface area (Å²) in [6, 6.07) is 5.18. The molecule has 26 heavy (non-hydrogen) atoms. The number of aliphatic hydroxyl groups excluding tert-OH is 1. The van der Waals surface area contributed by atoms with Crippen molar-refractivity contribution in [2.24, 2.45) is 0 Å². The molecule has 0 spiro atoms. The van der Waals surface area contributed by atoms with E-state index >= 15 is 0 Å². The van der Waals surface area contributed by atoms with Crippen LogP contribution in [-0.4, -0.2) is 17.0 Å². The number of alkyl halides is 1. The fraction of sp³-hybridized carbons (Fsp3) is 0.222. The zero-order valence-corrected chi connectivity index (χ0v) is 16.5. The minimum Gasteiger partial charge on any atom is -0.396 e. The summed E-state index contributed by atoms with van der Waals surface area (Å²) in [5.41, 5.74) is 1.13. The van der Waals surface area contributed by atoms with Gasteiger partial charge in [0.25, 0.3) is 0 Å². The van der Waals surface area contributed by atoms with Crippen LogP contribution in [0.25, 0.3) is 9.69 Å². The molecule has 0 fully saturated rings. The lowest BCUT2D eigenvalue weighted by molar-refractivity contribution is 0.298. The number of halogens is 5. The van der Waals surface area contributed by atoms with Crippen molar-refractivity contribution in [1.82, 2.24) is 0 Å². The average Bonchev–Trinajstić information content (AvgIpc) is 2.63. The summed E-state index contributed by atoms with van der Waals surface area (Å²) in [4.78, 5) is 6.31. The van der Waals surface area contributed by atoms with Crippen LogP contribution in [-0.2, 0) is 12.8 Å². The minimum absolute atomic E-state index is 0.101. The molecule has 0 bridgehead atoms. The number of nitrogens with zero attached hydrogens (tertiary/aromatic N) is 2. The van der Waals surface area contributed by atoms with Crippen molar-refractivity contribution in [2.75, 3.05) is 11.9 Å². The van der Waals surface area contributed by atoms with E-state index in [0.717, 1.165) is 0 Å². The predicted octanol–water partition coefficient (Wildman–Crippen LogP) is 6.53. The molecule has 0 amide bonds. The van der Waals surface area contributed by atoms with Gasteiger partial charge in [0.2, 0.25) is 11.4 Å². The van der Waals surface area contributed by atoms with Crippen LogP contribution in [0.2, 0.25) is 10.0 Å². The van der Waals surface area contributed by atoms with E-state index in [2.05, 4.69) is 25.6 Å². The fourth-order valence-corrected chi connectivity index (χ4v) is 2.98. The SMILES string of the molecule is [C-]#[N+]c1ccc(F)c(CCBr)c1Cl.[C-]#[N+]c1ccc(F)c(CCO)c1Cl. The first-order valence-corrected chi connectivity index (χ1v) is 9.14. The molecule has 2 rings (SSSR count). The van der Waals surface area contributed by atoms with E-state index in [1.54, 1.807) is 0 Å². The number of hydrogen-bond acceptors (Lipinski definition) is 1. The zero-order chi connectivity index (χ0) is 19.7. The Balaban J connectivity index is 0.000000260. The fourth-order valence-electron chi connectivity index (χ4n) is 2.01.